The van der Waals surface area contributed by atoms with Crippen molar-refractivity contribution < 1.29 is 4.74 Å². The molecule has 0 bridgehead atoms. The molecule has 0 fully saturated rings. The summed E-state index contributed by atoms with van der Waals surface area (Å²) in [5.74, 6) is 0.500. The van der Waals surface area contributed by atoms with Crippen LogP contribution >= 0.6 is 27.5 Å². The Morgan fingerprint density at radius 3 is 2.89 bits per heavy atom. The molecule has 1 aromatic heterocycles. The van der Waals surface area contributed by atoms with Crippen molar-refractivity contribution in [3.63, 3.8) is 0 Å². The van der Waals surface area contributed by atoms with Gasteiger partial charge in [-0.3, -0.25) is 0 Å². The Labute approximate surface area is 125 Å². The molecule has 0 atom stereocenters. The number of ether oxygens (including phenoxy) is 1. The lowest BCUT2D eigenvalue weighted by Gasteiger charge is -2.07. The van der Waals surface area contributed by atoms with Crippen molar-refractivity contribution in [2.24, 2.45) is 0 Å². The van der Waals surface area contributed by atoms with Gasteiger partial charge in [0.2, 0.25) is 5.95 Å². The fourth-order valence-corrected chi connectivity index (χ4v) is 2.25. The van der Waals surface area contributed by atoms with E-state index in [4.69, 9.17) is 16.3 Å². The number of hydrogen-bond donors (Lipinski definition) is 1. The van der Waals surface area contributed by atoms with Gasteiger partial charge in [0.1, 0.15) is 5.15 Å². The second kappa shape index (κ2) is 6.84. The van der Waals surface area contributed by atoms with Gasteiger partial charge in [0.05, 0.1) is 12.3 Å². The van der Waals surface area contributed by atoms with Crippen molar-refractivity contribution >= 4 is 33.5 Å². The molecule has 1 heterocycles. The monoisotopic (exact) mass is 341 g/mol. The summed E-state index contributed by atoms with van der Waals surface area (Å²) in [6.07, 6.45) is 0. The van der Waals surface area contributed by atoms with Crippen LogP contribution in [0.5, 0.6) is 0 Å². The fourth-order valence-electron chi connectivity index (χ4n) is 1.59. The molecule has 2 aromatic rings. The Kier molecular flexibility index (Phi) is 5.13. The van der Waals surface area contributed by atoms with Crippen LogP contribution in [-0.4, -0.2) is 17.1 Å². The van der Waals surface area contributed by atoms with Crippen LogP contribution in [0.15, 0.2) is 34.8 Å². The van der Waals surface area contributed by atoms with Crippen LogP contribution in [-0.2, 0) is 17.9 Å². The molecule has 1 N–H and O–H groups in total. The first kappa shape index (κ1) is 14.2. The maximum atomic E-state index is 5.94. The predicted octanol–water partition coefficient (Wildman–Crippen LogP) is 3.65. The Balaban J connectivity index is 2.06. The van der Waals surface area contributed by atoms with E-state index in [9.17, 15) is 0 Å². The minimum atomic E-state index is 0.402. The Hall–Kier alpha value is -1.17. The van der Waals surface area contributed by atoms with Crippen molar-refractivity contribution in [2.75, 3.05) is 12.4 Å². The third-order valence-electron chi connectivity index (χ3n) is 2.38. The van der Waals surface area contributed by atoms with Crippen LogP contribution in [0.1, 0.15) is 11.3 Å². The minimum Gasteiger partial charge on any atom is -0.378 e. The fraction of sp³-hybridized carbons (Fsp3) is 0.231. The van der Waals surface area contributed by atoms with E-state index in [0.717, 1.165) is 15.7 Å². The van der Waals surface area contributed by atoms with E-state index >= 15 is 0 Å². The molecule has 0 amide bonds. The smallest absolute Gasteiger partial charge is 0.224 e. The van der Waals surface area contributed by atoms with Crippen molar-refractivity contribution in [3.05, 3.63) is 51.2 Å². The first-order valence-corrected chi connectivity index (χ1v) is 6.85. The van der Waals surface area contributed by atoms with Crippen molar-refractivity contribution in [1.82, 2.24) is 9.97 Å². The van der Waals surface area contributed by atoms with Crippen LogP contribution in [0, 0.1) is 0 Å². The van der Waals surface area contributed by atoms with Crippen molar-refractivity contribution in [1.29, 1.82) is 0 Å². The summed E-state index contributed by atoms with van der Waals surface area (Å²) in [7, 11) is 1.62. The van der Waals surface area contributed by atoms with Crippen LogP contribution in [0.25, 0.3) is 0 Å². The SMILES string of the molecule is COCc1cc(Cl)nc(NCc2cccc(Br)c2)n1. The molecule has 6 heteroatoms. The third-order valence-corrected chi connectivity index (χ3v) is 3.07. The quantitative estimate of drug-likeness (QED) is 0.843. The summed E-state index contributed by atoms with van der Waals surface area (Å²) < 4.78 is 6.07. The van der Waals surface area contributed by atoms with E-state index in [-0.39, 0.29) is 0 Å². The topological polar surface area (TPSA) is 47.0 Å². The average molecular weight is 343 g/mol. The van der Waals surface area contributed by atoms with Gasteiger partial charge in [-0.15, -0.1) is 0 Å². The van der Waals surface area contributed by atoms with E-state index in [1.807, 2.05) is 24.3 Å². The number of aromatic nitrogens is 2. The number of benzene rings is 1. The van der Waals surface area contributed by atoms with E-state index in [1.165, 1.54) is 0 Å². The van der Waals surface area contributed by atoms with E-state index < -0.39 is 0 Å². The molecular formula is C13H13BrClN3O. The first-order chi connectivity index (χ1) is 9.17. The van der Waals surface area contributed by atoms with Gasteiger partial charge in [-0.25, -0.2) is 9.97 Å². The number of anilines is 1. The predicted molar refractivity (Wildman–Crippen MR) is 79.2 cm³/mol. The largest absolute Gasteiger partial charge is 0.378 e. The molecule has 0 unspecified atom stereocenters. The molecule has 0 spiro atoms. The molecule has 2 rings (SSSR count). The molecule has 4 nitrogen and oxygen atoms in total. The zero-order chi connectivity index (χ0) is 13.7. The van der Waals surface area contributed by atoms with E-state index in [0.29, 0.717) is 24.3 Å². The lowest BCUT2D eigenvalue weighted by Crippen LogP contribution is -2.06. The molecule has 0 aliphatic carbocycles. The number of nitrogens with zero attached hydrogens (tertiary/aromatic N) is 2. The van der Waals surface area contributed by atoms with Gasteiger partial charge in [-0.2, -0.15) is 0 Å². The van der Waals surface area contributed by atoms with Crippen molar-refractivity contribution in [2.45, 2.75) is 13.2 Å². The lowest BCUT2D eigenvalue weighted by molar-refractivity contribution is 0.181. The Morgan fingerprint density at radius 1 is 1.32 bits per heavy atom. The minimum absolute atomic E-state index is 0.402. The molecule has 0 aliphatic rings. The van der Waals surface area contributed by atoms with E-state index in [2.05, 4.69) is 31.2 Å². The summed E-state index contributed by atoms with van der Waals surface area (Å²) in [6, 6.07) is 9.72. The second-order valence-corrected chi connectivity index (χ2v) is 5.23. The summed E-state index contributed by atoms with van der Waals surface area (Å²) in [5.41, 5.74) is 1.88. The highest BCUT2D eigenvalue weighted by Gasteiger charge is 2.03. The molecule has 0 aliphatic heterocycles. The van der Waals surface area contributed by atoms with Crippen LogP contribution in [0.4, 0.5) is 5.95 Å². The first-order valence-electron chi connectivity index (χ1n) is 5.68. The maximum Gasteiger partial charge on any atom is 0.224 e. The number of rotatable bonds is 5. The molecule has 0 saturated heterocycles. The third kappa shape index (κ3) is 4.45. The van der Waals surface area contributed by atoms with Crippen molar-refractivity contribution in [3.8, 4) is 0 Å². The molecule has 19 heavy (non-hydrogen) atoms. The highest BCUT2D eigenvalue weighted by Crippen LogP contribution is 2.14. The van der Waals surface area contributed by atoms with E-state index in [1.54, 1.807) is 13.2 Å². The Morgan fingerprint density at radius 2 is 2.16 bits per heavy atom. The Bertz CT molecular complexity index is 565. The van der Waals surface area contributed by atoms with Gasteiger partial charge >= 0.3 is 0 Å². The van der Waals surface area contributed by atoms with Gasteiger partial charge in [0.15, 0.2) is 0 Å². The normalized spacial score (nSPS) is 10.5. The number of halogens is 2. The summed E-state index contributed by atoms with van der Waals surface area (Å²) in [4.78, 5) is 8.45. The molecule has 100 valence electrons. The molecular weight excluding hydrogens is 330 g/mol. The maximum absolute atomic E-state index is 5.94. The van der Waals surface area contributed by atoms with Crippen LogP contribution in [0.2, 0.25) is 5.15 Å². The molecule has 0 radical (unpaired) electrons. The summed E-state index contributed by atoms with van der Waals surface area (Å²) in [6.45, 7) is 1.04. The molecule has 0 saturated carbocycles. The van der Waals surface area contributed by atoms with Crippen LogP contribution in [0.3, 0.4) is 0 Å². The average Bonchev–Trinajstić information content (AvgIpc) is 2.36. The highest BCUT2D eigenvalue weighted by atomic mass is 79.9. The number of methoxy groups -OCH3 is 1. The lowest BCUT2D eigenvalue weighted by atomic mass is 10.2. The number of hydrogen-bond acceptors (Lipinski definition) is 4. The standard InChI is InChI=1S/C13H13BrClN3O/c1-19-8-11-6-12(15)18-13(17-11)16-7-9-3-2-4-10(14)5-9/h2-6H,7-8H2,1H3,(H,16,17,18). The number of nitrogens with one attached hydrogen (secondary N) is 1. The second-order valence-electron chi connectivity index (χ2n) is 3.92. The highest BCUT2D eigenvalue weighted by molar-refractivity contribution is 9.10. The van der Waals surface area contributed by atoms with Gasteiger partial charge in [-0.1, -0.05) is 39.7 Å². The summed E-state index contributed by atoms with van der Waals surface area (Å²) >= 11 is 9.37. The van der Waals surface area contributed by atoms with Gasteiger partial charge in [0.25, 0.3) is 0 Å². The van der Waals surface area contributed by atoms with Gasteiger partial charge < -0.3 is 10.1 Å². The zero-order valence-corrected chi connectivity index (χ0v) is 12.7. The molecule has 1 aromatic carbocycles. The zero-order valence-electron chi connectivity index (χ0n) is 10.4. The van der Waals surface area contributed by atoms with Gasteiger partial charge in [0, 0.05) is 18.1 Å². The summed E-state index contributed by atoms with van der Waals surface area (Å²) in [5, 5.41) is 3.55. The van der Waals surface area contributed by atoms with Gasteiger partial charge in [-0.05, 0) is 23.8 Å². The van der Waals surface area contributed by atoms with Crippen LogP contribution < -0.4 is 5.32 Å².